The third kappa shape index (κ3) is 3.44. The number of nitrogens with zero attached hydrogens (tertiary/aromatic N) is 2. The fourth-order valence-corrected chi connectivity index (χ4v) is 3.66. The molecule has 0 spiro atoms. The first-order chi connectivity index (χ1) is 9.82. The number of anilines is 1. The van der Waals surface area contributed by atoms with E-state index in [9.17, 15) is 9.90 Å². The molecule has 0 aliphatic rings. The number of rotatable bonds is 6. The van der Waals surface area contributed by atoms with Gasteiger partial charge in [-0.2, -0.15) is 0 Å². The Morgan fingerprint density at radius 1 is 1.43 bits per heavy atom. The maximum Gasteiger partial charge on any atom is 0.315 e. The summed E-state index contributed by atoms with van der Waals surface area (Å²) in [5, 5.41) is 14.1. The number of hydrogen-bond donors (Lipinski definition) is 1. The number of aromatic nitrogens is 1. The SMILES string of the molecule is CC(C)N(Cc1cccs1)c1nc(C(C)(C)C(=O)O)cs1. The van der Waals surface area contributed by atoms with Gasteiger partial charge in [0.05, 0.1) is 12.2 Å². The molecular formula is C15H20N2O2S2. The highest BCUT2D eigenvalue weighted by Crippen LogP contribution is 2.31. The molecule has 1 N–H and O–H groups in total. The molecule has 2 aromatic rings. The number of thiophene rings is 1. The molecule has 0 radical (unpaired) electrons. The summed E-state index contributed by atoms with van der Waals surface area (Å²) in [5.74, 6) is -0.853. The third-order valence-electron chi connectivity index (χ3n) is 3.44. The van der Waals surface area contributed by atoms with Crippen LogP contribution in [0.15, 0.2) is 22.9 Å². The van der Waals surface area contributed by atoms with E-state index in [1.54, 1.807) is 25.2 Å². The maximum absolute atomic E-state index is 11.3. The van der Waals surface area contributed by atoms with E-state index in [4.69, 9.17) is 0 Å². The van der Waals surface area contributed by atoms with Gasteiger partial charge in [0.2, 0.25) is 0 Å². The standard InChI is InChI=1S/C15H20N2O2S2/c1-10(2)17(8-11-6-5-7-20-11)14-16-12(9-21-14)15(3,4)13(18)19/h5-7,9-10H,8H2,1-4H3,(H,18,19). The van der Waals surface area contributed by atoms with Crippen LogP contribution in [0.2, 0.25) is 0 Å². The molecule has 0 aliphatic carbocycles. The quantitative estimate of drug-likeness (QED) is 0.873. The summed E-state index contributed by atoms with van der Waals surface area (Å²) in [4.78, 5) is 19.4. The van der Waals surface area contributed by atoms with Crippen molar-refractivity contribution in [2.75, 3.05) is 4.90 Å². The smallest absolute Gasteiger partial charge is 0.315 e. The van der Waals surface area contributed by atoms with E-state index in [0.717, 1.165) is 11.7 Å². The Morgan fingerprint density at radius 2 is 2.14 bits per heavy atom. The molecule has 0 saturated carbocycles. The van der Waals surface area contributed by atoms with Crippen molar-refractivity contribution in [3.8, 4) is 0 Å². The molecule has 0 saturated heterocycles. The van der Waals surface area contributed by atoms with Crippen LogP contribution in [0, 0.1) is 0 Å². The third-order valence-corrected chi connectivity index (χ3v) is 5.18. The number of carbonyl (C=O) groups is 1. The molecule has 2 heterocycles. The van der Waals surface area contributed by atoms with Gasteiger partial charge in [-0.1, -0.05) is 6.07 Å². The number of aliphatic carboxylic acids is 1. The van der Waals surface area contributed by atoms with E-state index in [-0.39, 0.29) is 0 Å². The first-order valence-corrected chi connectivity index (χ1v) is 8.56. The lowest BCUT2D eigenvalue weighted by Gasteiger charge is -2.25. The van der Waals surface area contributed by atoms with E-state index >= 15 is 0 Å². The highest BCUT2D eigenvalue weighted by Gasteiger charge is 2.32. The molecule has 2 aromatic heterocycles. The van der Waals surface area contributed by atoms with Crippen LogP contribution in [0.4, 0.5) is 5.13 Å². The van der Waals surface area contributed by atoms with Gasteiger partial charge >= 0.3 is 5.97 Å². The van der Waals surface area contributed by atoms with Gasteiger partial charge in [-0.3, -0.25) is 4.79 Å². The molecule has 0 fully saturated rings. The zero-order valence-corrected chi connectivity index (χ0v) is 14.3. The lowest BCUT2D eigenvalue weighted by molar-refractivity contribution is -0.142. The summed E-state index contributed by atoms with van der Waals surface area (Å²) in [5.41, 5.74) is -0.341. The highest BCUT2D eigenvalue weighted by atomic mass is 32.1. The molecule has 0 unspecified atom stereocenters. The van der Waals surface area contributed by atoms with Crippen molar-refractivity contribution < 1.29 is 9.90 Å². The molecular weight excluding hydrogens is 304 g/mol. The van der Waals surface area contributed by atoms with Crippen molar-refractivity contribution in [3.05, 3.63) is 33.5 Å². The Labute approximate surface area is 133 Å². The zero-order valence-electron chi connectivity index (χ0n) is 12.7. The van der Waals surface area contributed by atoms with Crippen molar-refractivity contribution in [3.63, 3.8) is 0 Å². The maximum atomic E-state index is 11.3. The summed E-state index contributed by atoms with van der Waals surface area (Å²) in [6, 6.07) is 4.45. The Hall–Kier alpha value is -1.40. The largest absolute Gasteiger partial charge is 0.481 e. The zero-order chi connectivity index (χ0) is 15.6. The van der Waals surface area contributed by atoms with Crippen molar-refractivity contribution in [1.82, 2.24) is 4.98 Å². The normalized spacial score (nSPS) is 11.9. The molecule has 4 nitrogen and oxygen atoms in total. The molecule has 0 amide bonds. The predicted octanol–water partition coefficient (Wildman–Crippen LogP) is 3.98. The van der Waals surface area contributed by atoms with E-state index in [2.05, 4.69) is 35.2 Å². The number of hydrogen-bond acceptors (Lipinski definition) is 5. The fraction of sp³-hybridized carbons (Fsp3) is 0.467. The molecule has 6 heteroatoms. The van der Waals surface area contributed by atoms with Gasteiger partial charge in [-0.15, -0.1) is 22.7 Å². The van der Waals surface area contributed by atoms with Crippen LogP contribution in [0.3, 0.4) is 0 Å². The summed E-state index contributed by atoms with van der Waals surface area (Å²) in [6.07, 6.45) is 0. The van der Waals surface area contributed by atoms with Gasteiger partial charge in [0, 0.05) is 16.3 Å². The average Bonchev–Trinajstić information content (AvgIpc) is 3.07. The monoisotopic (exact) mass is 324 g/mol. The summed E-state index contributed by atoms with van der Waals surface area (Å²) < 4.78 is 0. The minimum Gasteiger partial charge on any atom is -0.481 e. The van der Waals surface area contributed by atoms with Gasteiger partial charge in [-0.25, -0.2) is 4.98 Å². The van der Waals surface area contributed by atoms with Crippen LogP contribution >= 0.6 is 22.7 Å². The predicted molar refractivity (Wildman–Crippen MR) is 88.4 cm³/mol. The number of carboxylic acids is 1. The van der Waals surface area contributed by atoms with Crippen molar-refractivity contribution in [2.24, 2.45) is 0 Å². The second-order valence-corrected chi connectivity index (χ2v) is 7.62. The van der Waals surface area contributed by atoms with E-state index < -0.39 is 11.4 Å². The van der Waals surface area contributed by atoms with Crippen LogP contribution in [0.5, 0.6) is 0 Å². The second kappa shape index (κ2) is 6.15. The Kier molecular flexibility index (Phi) is 4.68. The van der Waals surface area contributed by atoms with Crippen molar-refractivity contribution in [1.29, 1.82) is 0 Å². The summed E-state index contributed by atoms with van der Waals surface area (Å²) in [7, 11) is 0. The van der Waals surface area contributed by atoms with Crippen LogP contribution in [0.1, 0.15) is 38.3 Å². The molecule has 0 aliphatic heterocycles. The van der Waals surface area contributed by atoms with E-state index in [0.29, 0.717) is 11.7 Å². The lowest BCUT2D eigenvalue weighted by Crippen LogP contribution is -2.31. The molecule has 2 rings (SSSR count). The lowest BCUT2D eigenvalue weighted by atomic mass is 9.90. The van der Waals surface area contributed by atoms with Crippen LogP contribution in [0.25, 0.3) is 0 Å². The highest BCUT2D eigenvalue weighted by molar-refractivity contribution is 7.13. The molecule has 0 bridgehead atoms. The van der Waals surface area contributed by atoms with Gasteiger partial charge in [0.1, 0.15) is 5.41 Å². The van der Waals surface area contributed by atoms with Crippen molar-refractivity contribution in [2.45, 2.75) is 45.7 Å². The molecule has 0 atom stereocenters. The van der Waals surface area contributed by atoms with Crippen LogP contribution in [-0.4, -0.2) is 22.1 Å². The second-order valence-electron chi connectivity index (χ2n) is 5.75. The first kappa shape index (κ1) is 16.0. The van der Waals surface area contributed by atoms with Crippen molar-refractivity contribution >= 4 is 33.8 Å². The molecule has 21 heavy (non-hydrogen) atoms. The van der Waals surface area contributed by atoms with Crippen LogP contribution in [-0.2, 0) is 16.8 Å². The van der Waals surface area contributed by atoms with Gasteiger partial charge in [0.15, 0.2) is 5.13 Å². The number of thiazole rings is 1. The number of carboxylic acid groups (broad SMARTS) is 1. The minimum atomic E-state index is -0.958. The first-order valence-electron chi connectivity index (χ1n) is 6.80. The van der Waals surface area contributed by atoms with Crippen LogP contribution < -0.4 is 4.90 Å². The van der Waals surface area contributed by atoms with E-state index in [1.165, 1.54) is 16.2 Å². The van der Waals surface area contributed by atoms with Gasteiger partial charge in [-0.05, 0) is 39.1 Å². The summed E-state index contributed by atoms with van der Waals surface area (Å²) in [6.45, 7) is 8.42. The topological polar surface area (TPSA) is 53.4 Å². The minimum absolute atomic E-state index is 0.305. The van der Waals surface area contributed by atoms with E-state index in [1.807, 2.05) is 11.4 Å². The molecule has 114 valence electrons. The molecule has 0 aromatic carbocycles. The Bertz CT molecular complexity index is 603. The van der Waals surface area contributed by atoms with Gasteiger partial charge < -0.3 is 10.0 Å². The Balaban J connectivity index is 2.26. The Morgan fingerprint density at radius 3 is 2.67 bits per heavy atom. The van der Waals surface area contributed by atoms with Gasteiger partial charge in [0.25, 0.3) is 0 Å². The average molecular weight is 324 g/mol. The summed E-state index contributed by atoms with van der Waals surface area (Å²) >= 11 is 3.23. The fourth-order valence-electron chi connectivity index (χ4n) is 1.83.